The molecule has 0 aliphatic carbocycles. The van der Waals surface area contributed by atoms with Gasteiger partial charge in [-0.05, 0) is 25.0 Å². The standard InChI is InChI=1S/C19H29N3O4S/c1-24-16-5-3-4-15(17(16)25-2)21-18(23)20-14-19(6-10-26-11-7-19)22-8-12-27-13-9-22/h3-5H,6-14H2,1-2H3,(H2,20,21,23). The van der Waals surface area contributed by atoms with Crippen molar-refractivity contribution in [1.29, 1.82) is 0 Å². The van der Waals surface area contributed by atoms with Crippen LogP contribution in [0.1, 0.15) is 12.8 Å². The minimum absolute atomic E-state index is 0.0188. The smallest absolute Gasteiger partial charge is 0.319 e. The highest BCUT2D eigenvalue weighted by Crippen LogP contribution is 2.35. The fourth-order valence-corrected chi connectivity index (χ4v) is 4.69. The zero-order valence-electron chi connectivity index (χ0n) is 16.1. The largest absolute Gasteiger partial charge is 0.493 e. The zero-order chi connectivity index (χ0) is 19.1. The van der Waals surface area contributed by atoms with E-state index in [0.717, 1.165) is 50.7 Å². The molecule has 0 saturated carbocycles. The summed E-state index contributed by atoms with van der Waals surface area (Å²) < 4.78 is 16.3. The molecule has 2 fully saturated rings. The number of rotatable bonds is 6. The molecule has 0 unspecified atom stereocenters. The number of carbonyl (C=O) groups excluding carboxylic acids is 1. The van der Waals surface area contributed by atoms with Crippen molar-refractivity contribution in [3.05, 3.63) is 18.2 Å². The molecule has 2 heterocycles. The first-order chi connectivity index (χ1) is 13.2. The first-order valence-corrected chi connectivity index (χ1v) is 10.5. The summed E-state index contributed by atoms with van der Waals surface area (Å²) in [5.74, 6) is 3.40. The molecule has 0 bridgehead atoms. The predicted octanol–water partition coefficient (Wildman–Crippen LogP) is 2.42. The number of para-hydroxylation sites is 1. The molecule has 2 N–H and O–H groups in total. The Morgan fingerprint density at radius 1 is 1.22 bits per heavy atom. The Kier molecular flexibility index (Phi) is 7.09. The number of hydrogen-bond donors (Lipinski definition) is 2. The Bertz CT molecular complexity index is 631. The molecule has 1 aromatic rings. The normalized spacial score (nSPS) is 19.9. The number of ether oxygens (including phenoxy) is 3. The Balaban J connectivity index is 1.64. The van der Waals surface area contributed by atoms with Crippen molar-refractivity contribution >= 4 is 23.5 Å². The number of nitrogens with one attached hydrogen (secondary N) is 2. The molecule has 0 aromatic heterocycles. The van der Waals surface area contributed by atoms with E-state index in [1.54, 1.807) is 26.4 Å². The van der Waals surface area contributed by atoms with Crippen molar-refractivity contribution in [2.24, 2.45) is 0 Å². The number of anilines is 1. The lowest BCUT2D eigenvalue weighted by Gasteiger charge is -2.47. The molecule has 27 heavy (non-hydrogen) atoms. The average Bonchev–Trinajstić information content (AvgIpc) is 2.73. The van der Waals surface area contributed by atoms with Crippen LogP contribution in [0.25, 0.3) is 0 Å². The summed E-state index contributed by atoms with van der Waals surface area (Å²) in [5.41, 5.74) is 0.569. The number of benzene rings is 1. The molecule has 2 aliphatic rings. The fourth-order valence-electron chi connectivity index (χ4n) is 3.79. The molecule has 1 aromatic carbocycles. The second kappa shape index (κ2) is 9.52. The average molecular weight is 396 g/mol. The van der Waals surface area contributed by atoms with Gasteiger partial charge in [-0.2, -0.15) is 11.8 Å². The maximum absolute atomic E-state index is 12.6. The van der Waals surface area contributed by atoms with Crippen LogP contribution in [-0.2, 0) is 4.74 Å². The van der Waals surface area contributed by atoms with Gasteiger partial charge in [0, 0.05) is 49.9 Å². The van der Waals surface area contributed by atoms with Crippen molar-refractivity contribution < 1.29 is 19.0 Å². The van der Waals surface area contributed by atoms with Crippen LogP contribution in [0.4, 0.5) is 10.5 Å². The lowest BCUT2D eigenvalue weighted by atomic mass is 9.87. The van der Waals surface area contributed by atoms with Gasteiger partial charge in [-0.25, -0.2) is 4.79 Å². The Morgan fingerprint density at radius 2 is 1.96 bits per heavy atom. The molecule has 0 radical (unpaired) electrons. The second-order valence-corrected chi connectivity index (χ2v) is 8.01. The van der Waals surface area contributed by atoms with E-state index in [9.17, 15) is 4.79 Å². The van der Waals surface area contributed by atoms with Gasteiger partial charge in [0.1, 0.15) is 0 Å². The van der Waals surface area contributed by atoms with Crippen LogP contribution < -0.4 is 20.1 Å². The minimum atomic E-state index is -0.237. The molecule has 150 valence electrons. The number of carbonyl (C=O) groups is 1. The van der Waals surface area contributed by atoms with E-state index in [-0.39, 0.29) is 11.6 Å². The minimum Gasteiger partial charge on any atom is -0.493 e. The highest BCUT2D eigenvalue weighted by Gasteiger charge is 2.39. The van der Waals surface area contributed by atoms with E-state index < -0.39 is 0 Å². The van der Waals surface area contributed by atoms with E-state index in [1.807, 2.05) is 17.8 Å². The molecule has 2 aliphatic heterocycles. The number of hydrogen-bond acceptors (Lipinski definition) is 6. The van der Waals surface area contributed by atoms with Gasteiger partial charge < -0.3 is 24.8 Å². The summed E-state index contributed by atoms with van der Waals surface area (Å²) in [6.45, 7) is 4.24. The summed E-state index contributed by atoms with van der Waals surface area (Å²) in [5, 5.41) is 5.96. The molecule has 3 rings (SSSR count). The van der Waals surface area contributed by atoms with Crippen LogP contribution in [0.2, 0.25) is 0 Å². The zero-order valence-corrected chi connectivity index (χ0v) is 16.9. The Morgan fingerprint density at radius 3 is 2.63 bits per heavy atom. The van der Waals surface area contributed by atoms with E-state index in [4.69, 9.17) is 14.2 Å². The van der Waals surface area contributed by atoms with Crippen LogP contribution in [0, 0.1) is 0 Å². The van der Waals surface area contributed by atoms with Gasteiger partial charge in [-0.3, -0.25) is 4.90 Å². The SMILES string of the molecule is COc1cccc(NC(=O)NCC2(N3CCSCC3)CCOCC2)c1OC. The third-order valence-corrected chi connectivity index (χ3v) is 6.28. The van der Waals surface area contributed by atoms with Crippen LogP contribution in [0.5, 0.6) is 11.5 Å². The van der Waals surface area contributed by atoms with Gasteiger partial charge in [0.2, 0.25) is 0 Å². The molecular formula is C19H29N3O4S. The Labute approximate surface area is 165 Å². The van der Waals surface area contributed by atoms with Crippen LogP contribution in [-0.4, -0.2) is 75.0 Å². The number of thioether (sulfide) groups is 1. The molecule has 2 saturated heterocycles. The summed E-state index contributed by atoms with van der Waals surface area (Å²) in [7, 11) is 3.14. The van der Waals surface area contributed by atoms with E-state index in [1.165, 1.54) is 0 Å². The van der Waals surface area contributed by atoms with Gasteiger partial charge in [-0.1, -0.05) is 6.07 Å². The number of methoxy groups -OCH3 is 2. The van der Waals surface area contributed by atoms with Gasteiger partial charge in [0.15, 0.2) is 11.5 Å². The molecule has 2 amide bonds. The maximum atomic E-state index is 12.6. The summed E-state index contributed by atoms with van der Waals surface area (Å²) in [4.78, 5) is 15.1. The predicted molar refractivity (Wildman–Crippen MR) is 108 cm³/mol. The first-order valence-electron chi connectivity index (χ1n) is 9.35. The molecule has 0 spiro atoms. The monoisotopic (exact) mass is 395 g/mol. The van der Waals surface area contributed by atoms with Crippen molar-refractivity contribution in [3.63, 3.8) is 0 Å². The van der Waals surface area contributed by atoms with Crippen molar-refractivity contribution in [2.75, 3.05) is 63.9 Å². The van der Waals surface area contributed by atoms with Crippen LogP contribution in [0.3, 0.4) is 0 Å². The highest BCUT2D eigenvalue weighted by molar-refractivity contribution is 7.99. The molecule has 7 nitrogen and oxygen atoms in total. The second-order valence-electron chi connectivity index (χ2n) is 6.78. The summed E-state index contributed by atoms with van der Waals surface area (Å²) in [6.07, 6.45) is 1.89. The highest BCUT2D eigenvalue weighted by atomic mass is 32.2. The van der Waals surface area contributed by atoms with E-state index in [2.05, 4.69) is 15.5 Å². The molecular weight excluding hydrogens is 366 g/mol. The third-order valence-electron chi connectivity index (χ3n) is 5.33. The van der Waals surface area contributed by atoms with Crippen LogP contribution in [0.15, 0.2) is 18.2 Å². The lowest BCUT2D eigenvalue weighted by molar-refractivity contribution is -0.0228. The van der Waals surface area contributed by atoms with Gasteiger partial charge in [0.25, 0.3) is 0 Å². The van der Waals surface area contributed by atoms with Crippen LogP contribution >= 0.6 is 11.8 Å². The third kappa shape index (κ3) is 4.80. The van der Waals surface area contributed by atoms with E-state index in [0.29, 0.717) is 23.7 Å². The molecule has 0 atom stereocenters. The fraction of sp³-hybridized carbons (Fsp3) is 0.632. The topological polar surface area (TPSA) is 72.1 Å². The quantitative estimate of drug-likeness (QED) is 0.771. The molecule has 8 heteroatoms. The van der Waals surface area contributed by atoms with E-state index >= 15 is 0 Å². The van der Waals surface area contributed by atoms with Gasteiger partial charge in [0.05, 0.1) is 19.9 Å². The summed E-state index contributed by atoms with van der Waals surface area (Å²) >= 11 is 2.00. The lowest BCUT2D eigenvalue weighted by Crippen LogP contribution is -2.60. The number of nitrogens with zero attached hydrogens (tertiary/aromatic N) is 1. The van der Waals surface area contributed by atoms with Crippen molar-refractivity contribution in [1.82, 2.24) is 10.2 Å². The van der Waals surface area contributed by atoms with Gasteiger partial charge >= 0.3 is 6.03 Å². The van der Waals surface area contributed by atoms with Gasteiger partial charge in [-0.15, -0.1) is 0 Å². The maximum Gasteiger partial charge on any atom is 0.319 e. The number of urea groups is 1. The Hall–Kier alpha value is -1.64. The van der Waals surface area contributed by atoms with Crippen molar-refractivity contribution in [2.45, 2.75) is 18.4 Å². The first kappa shape index (κ1) is 20.1. The number of amides is 2. The summed E-state index contributed by atoms with van der Waals surface area (Å²) in [6, 6.07) is 5.18. The van der Waals surface area contributed by atoms with Crippen molar-refractivity contribution in [3.8, 4) is 11.5 Å².